The van der Waals surface area contributed by atoms with Gasteiger partial charge >= 0.3 is 0 Å². The Hall–Kier alpha value is -2.89. The molecule has 0 unspecified atom stereocenters. The Kier molecular flexibility index (Phi) is 5.89. The zero-order valence-electron chi connectivity index (χ0n) is 14.2. The van der Waals surface area contributed by atoms with Crippen molar-refractivity contribution in [2.75, 3.05) is 27.9 Å². The van der Waals surface area contributed by atoms with E-state index in [1.54, 1.807) is 57.9 Å². The van der Waals surface area contributed by atoms with Crippen LogP contribution >= 0.6 is 0 Å². The maximum atomic E-state index is 10.2. The Morgan fingerprint density at radius 3 is 2.21 bits per heavy atom. The molecule has 0 aliphatic heterocycles. The number of hydrogen-bond donors (Lipinski definition) is 1. The molecule has 128 valence electrons. The van der Waals surface area contributed by atoms with Gasteiger partial charge in [-0.05, 0) is 19.1 Å². The molecule has 0 aromatic heterocycles. The summed E-state index contributed by atoms with van der Waals surface area (Å²) in [6, 6.07) is 8.69. The second-order valence-corrected chi connectivity index (χ2v) is 4.77. The van der Waals surface area contributed by atoms with Crippen molar-refractivity contribution in [3.05, 3.63) is 35.9 Å². The fourth-order valence-electron chi connectivity index (χ4n) is 2.20. The Morgan fingerprint density at radius 2 is 1.67 bits per heavy atom. The molecule has 2 aromatic rings. The molecule has 2 aromatic carbocycles. The quantitative estimate of drug-likeness (QED) is 0.786. The second-order valence-electron chi connectivity index (χ2n) is 4.77. The number of ether oxygens (including phenoxy) is 4. The van der Waals surface area contributed by atoms with Crippen LogP contribution in [0.3, 0.4) is 0 Å². The average molecular weight is 331 g/mol. The molecule has 0 fully saturated rings. The highest BCUT2D eigenvalue weighted by molar-refractivity contribution is 5.87. The Balaban J connectivity index is 2.37. The van der Waals surface area contributed by atoms with Gasteiger partial charge in [0.15, 0.2) is 23.0 Å². The van der Waals surface area contributed by atoms with Crippen LogP contribution in [0.4, 0.5) is 5.69 Å². The predicted octanol–water partition coefficient (Wildman–Crippen LogP) is 3.57. The summed E-state index contributed by atoms with van der Waals surface area (Å²) in [5.41, 5.74) is 1.15. The van der Waals surface area contributed by atoms with Crippen LogP contribution in [0.25, 0.3) is 0 Å². The zero-order chi connectivity index (χ0) is 17.5. The van der Waals surface area contributed by atoms with Crippen LogP contribution in [-0.4, -0.2) is 39.3 Å². The lowest BCUT2D eigenvalue weighted by Gasteiger charge is -2.12. The lowest BCUT2D eigenvalue weighted by molar-refractivity contribution is 0.318. The van der Waals surface area contributed by atoms with Crippen molar-refractivity contribution in [3.63, 3.8) is 0 Å². The van der Waals surface area contributed by atoms with Gasteiger partial charge in [0.25, 0.3) is 0 Å². The van der Waals surface area contributed by atoms with E-state index in [1.165, 1.54) is 0 Å². The summed E-state index contributed by atoms with van der Waals surface area (Å²) in [6.45, 7) is 2.33. The van der Waals surface area contributed by atoms with E-state index in [9.17, 15) is 5.11 Å². The molecule has 0 saturated heterocycles. The molecule has 24 heavy (non-hydrogen) atoms. The minimum absolute atomic E-state index is 0.0514. The van der Waals surface area contributed by atoms with Crippen molar-refractivity contribution < 1.29 is 24.1 Å². The lowest BCUT2D eigenvalue weighted by Crippen LogP contribution is -1.95. The molecular formula is C18H21NO5. The van der Waals surface area contributed by atoms with E-state index in [-0.39, 0.29) is 5.75 Å². The van der Waals surface area contributed by atoms with Gasteiger partial charge in [-0.2, -0.15) is 0 Å². The van der Waals surface area contributed by atoms with E-state index in [4.69, 9.17) is 18.9 Å². The van der Waals surface area contributed by atoms with Gasteiger partial charge in [0.05, 0.1) is 33.6 Å². The van der Waals surface area contributed by atoms with Crippen LogP contribution in [0.5, 0.6) is 28.7 Å². The van der Waals surface area contributed by atoms with Gasteiger partial charge in [0.2, 0.25) is 5.75 Å². The Bertz CT molecular complexity index is 702. The highest BCUT2D eigenvalue weighted by Gasteiger charge is 2.13. The summed E-state index contributed by atoms with van der Waals surface area (Å²) in [4.78, 5) is 4.38. The van der Waals surface area contributed by atoms with Crippen LogP contribution in [0.15, 0.2) is 35.3 Å². The number of phenols is 1. The van der Waals surface area contributed by atoms with Gasteiger partial charge in [0, 0.05) is 23.9 Å². The largest absolute Gasteiger partial charge is 0.504 e. The first-order valence-corrected chi connectivity index (χ1v) is 7.43. The first-order valence-electron chi connectivity index (χ1n) is 7.43. The summed E-state index contributed by atoms with van der Waals surface area (Å²) in [6.07, 6.45) is 1.55. The van der Waals surface area contributed by atoms with Crippen LogP contribution in [0, 0.1) is 0 Å². The molecule has 0 spiro atoms. The van der Waals surface area contributed by atoms with Crippen LogP contribution in [0.1, 0.15) is 12.5 Å². The number of hydrogen-bond acceptors (Lipinski definition) is 6. The predicted molar refractivity (Wildman–Crippen MR) is 92.6 cm³/mol. The number of aromatic hydroxyl groups is 1. The Morgan fingerprint density at radius 1 is 1.00 bits per heavy atom. The van der Waals surface area contributed by atoms with Crippen molar-refractivity contribution in [3.8, 4) is 28.7 Å². The number of phenolic OH excluding ortho intramolecular Hbond substituents is 1. The monoisotopic (exact) mass is 331 g/mol. The number of benzene rings is 2. The molecule has 0 radical (unpaired) electrons. The molecular weight excluding hydrogens is 310 g/mol. The number of aliphatic imine (C=N–C) groups is 1. The maximum absolute atomic E-state index is 10.2. The number of nitrogens with zero attached hydrogens (tertiary/aromatic N) is 1. The second kappa shape index (κ2) is 8.10. The molecule has 0 heterocycles. The van der Waals surface area contributed by atoms with Gasteiger partial charge in [-0.25, -0.2) is 0 Å². The first-order chi connectivity index (χ1) is 11.6. The zero-order valence-corrected chi connectivity index (χ0v) is 14.2. The van der Waals surface area contributed by atoms with E-state index in [0.717, 1.165) is 0 Å². The molecule has 0 bridgehead atoms. The van der Waals surface area contributed by atoms with Crippen molar-refractivity contribution in [2.45, 2.75) is 6.92 Å². The van der Waals surface area contributed by atoms with Crippen molar-refractivity contribution >= 4 is 11.9 Å². The number of methoxy groups -OCH3 is 3. The van der Waals surface area contributed by atoms with Crippen molar-refractivity contribution in [1.82, 2.24) is 0 Å². The molecule has 0 saturated carbocycles. The molecule has 0 atom stereocenters. The summed E-state index contributed by atoms with van der Waals surface area (Å²) in [7, 11) is 4.63. The van der Waals surface area contributed by atoms with E-state index in [1.807, 2.05) is 6.92 Å². The molecule has 0 aliphatic rings. The highest BCUT2D eigenvalue weighted by atomic mass is 16.5. The minimum atomic E-state index is 0.0514. The summed E-state index contributed by atoms with van der Waals surface area (Å²) >= 11 is 0. The fraction of sp³-hybridized carbons (Fsp3) is 0.278. The first kappa shape index (κ1) is 17.5. The average Bonchev–Trinajstić information content (AvgIpc) is 2.61. The summed E-state index contributed by atoms with van der Waals surface area (Å²) in [5, 5.41) is 10.2. The van der Waals surface area contributed by atoms with Crippen LogP contribution in [-0.2, 0) is 0 Å². The van der Waals surface area contributed by atoms with Gasteiger partial charge in [0.1, 0.15) is 0 Å². The summed E-state index contributed by atoms with van der Waals surface area (Å²) in [5.74, 6) is 2.00. The van der Waals surface area contributed by atoms with E-state index >= 15 is 0 Å². The SMILES string of the molecule is CCOc1cccc(C=Nc2cc(OC)c(OC)c(OC)c2)c1O. The molecule has 1 N–H and O–H groups in total. The van der Waals surface area contributed by atoms with Gasteiger partial charge < -0.3 is 24.1 Å². The topological polar surface area (TPSA) is 69.5 Å². The van der Waals surface area contributed by atoms with Crippen molar-refractivity contribution in [1.29, 1.82) is 0 Å². The molecule has 0 aliphatic carbocycles. The third kappa shape index (κ3) is 3.71. The van der Waals surface area contributed by atoms with Gasteiger partial charge in [-0.1, -0.05) is 6.07 Å². The highest BCUT2D eigenvalue weighted by Crippen LogP contribution is 2.41. The van der Waals surface area contributed by atoms with E-state index in [0.29, 0.717) is 40.9 Å². The summed E-state index contributed by atoms with van der Waals surface area (Å²) < 4.78 is 21.2. The van der Waals surface area contributed by atoms with Crippen LogP contribution in [0.2, 0.25) is 0 Å². The maximum Gasteiger partial charge on any atom is 0.203 e. The number of rotatable bonds is 7. The molecule has 6 heteroatoms. The van der Waals surface area contributed by atoms with Gasteiger partial charge in [-0.3, -0.25) is 4.99 Å². The third-order valence-corrected chi connectivity index (χ3v) is 3.33. The van der Waals surface area contributed by atoms with E-state index < -0.39 is 0 Å². The van der Waals surface area contributed by atoms with E-state index in [2.05, 4.69) is 4.99 Å². The minimum Gasteiger partial charge on any atom is -0.504 e. The molecule has 6 nitrogen and oxygen atoms in total. The fourth-order valence-corrected chi connectivity index (χ4v) is 2.20. The standard InChI is InChI=1S/C18H21NO5/c1-5-24-14-8-6-7-12(17(14)20)11-19-13-9-15(21-2)18(23-4)16(10-13)22-3/h6-11,20H,5H2,1-4H3. The normalized spacial score (nSPS) is 10.7. The Labute approximate surface area is 141 Å². The smallest absolute Gasteiger partial charge is 0.203 e. The van der Waals surface area contributed by atoms with Crippen LogP contribution < -0.4 is 18.9 Å². The van der Waals surface area contributed by atoms with Crippen molar-refractivity contribution in [2.24, 2.45) is 4.99 Å². The van der Waals surface area contributed by atoms with Gasteiger partial charge in [-0.15, -0.1) is 0 Å². The number of para-hydroxylation sites is 1. The lowest BCUT2D eigenvalue weighted by atomic mass is 10.2. The molecule has 0 amide bonds. The molecule has 2 rings (SSSR count). The third-order valence-electron chi connectivity index (χ3n) is 3.33.